The molecule has 0 spiro atoms. The lowest BCUT2D eigenvalue weighted by Crippen LogP contribution is -2.52. The number of ether oxygens (including phenoxy) is 2. The summed E-state index contributed by atoms with van der Waals surface area (Å²) in [6.07, 6.45) is 0.339. The number of hydrogen-bond acceptors (Lipinski definition) is 6. The van der Waals surface area contributed by atoms with Crippen molar-refractivity contribution in [3.8, 4) is 11.5 Å². The number of sulfonamides is 1. The molecule has 2 amide bonds. The Morgan fingerprint density at radius 3 is 2.16 bits per heavy atom. The summed E-state index contributed by atoms with van der Waals surface area (Å²) in [4.78, 5) is 29.2. The summed E-state index contributed by atoms with van der Waals surface area (Å²) >= 11 is 0. The van der Waals surface area contributed by atoms with Crippen molar-refractivity contribution in [3.05, 3.63) is 83.9 Å². The topological polar surface area (TPSA) is 105 Å². The van der Waals surface area contributed by atoms with Gasteiger partial charge >= 0.3 is 0 Å². The summed E-state index contributed by atoms with van der Waals surface area (Å²) in [7, 11) is -2.64. The van der Waals surface area contributed by atoms with Crippen molar-refractivity contribution in [2.75, 3.05) is 31.1 Å². The Hall–Kier alpha value is -4.05. The lowest BCUT2D eigenvalue weighted by atomic mass is 10.1. The van der Waals surface area contributed by atoms with Gasteiger partial charge in [-0.3, -0.25) is 13.9 Å². The fourth-order valence-corrected chi connectivity index (χ4v) is 5.99. The summed E-state index contributed by atoms with van der Waals surface area (Å²) in [6, 6.07) is 19.6. The molecule has 10 heteroatoms. The Morgan fingerprint density at radius 2 is 1.58 bits per heavy atom. The number of nitrogens with zero attached hydrogens (tertiary/aromatic N) is 2. The molecule has 1 N–H and O–H groups in total. The maximum Gasteiger partial charge on any atom is 0.264 e. The maximum absolute atomic E-state index is 14.3. The molecule has 0 fully saturated rings. The van der Waals surface area contributed by atoms with Gasteiger partial charge in [-0.15, -0.1) is 0 Å². The molecule has 3 aromatic rings. The Morgan fingerprint density at radius 1 is 0.930 bits per heavy atom. The van der Waals surface area contributed by atoms with Crippen LogP contribution in [0.5, 0.6) is 11.5 Å². The van der Waals surface area contributed by atoms with E-state index < -0.39 is 28.5 Å². The Balaban J connectivity index is 2.09. The van der Waals surface area contributed by atoms with E-state index in [1.165, 1.54) is 17.0 Å². The quantitative estimate of drug-likeness (QED) is 0.255. The number of anilines is 1. The van der Waals surface area contributed by atoms with Gasteiger partial charge in [0, 0.05) is 13.1 Å². The Kier molecular flexibility index (Phi) is 12.0. The fourth-order valence-electron chi connectivity index (χ4n) is 4.56. The lowest BCUT2D eigenvalue weighted by molar-refractivity contribution is -0.140. The van der Waals surface area contributed by atoms with E-state index in [9.17, 15) is 18.0 Å². The Bertz CT molecular complexity index is 1460. The predicted octanol–water partition coefficient (Wildman–Crippen LogP) is 5.18. The van der Waals surface area contributed by atoms with Crippen molar-refractivity contribution in [3.63, 3.8) is 0 Å². The highest BCUT2D eigenvalue weighted by atomic mass is 32.2. The van der Waals surface area contributed by atoms with E-state index in [-0.39, 0.29) is 29.0 Å². The number of hydrogen-bond donors (Lipinski definition) is 1. The van der Waals surface area contributed by atoms with Crippen molar-refractivity contribution in [2.24, 2.45) is 5.92 Å². The number of para-hydroxylation sites is 2. The van der Waals surface area contributed by atoms with Gasteiger partial charge in [-0.25, -0.2) is 8.42 Å². The van der Waals surface area contributed by atoms with Gasteiger partial charge in [0.05, 0.1) is 24.3 Å². The van der Waals surface area contributed by atoms with E-state index in [1.54, 1.807) is 62.6 Å². The third-order valence-corrected chi connectivity index (χ3v) is 8.68. The molecule has 0 aliphatic rings. The molecule has 0 aliphatic carbocycles. The smallest absolute Gasteiger partial charge is 0.264 e. The number of nitrogens with one attached hydrogen (secondary N) is 1. The van der Waals surface area contributed by atoms with E-state index in [4.69, 9.17) is 9.47 Å². The van der Waals surface area contributed by atoms with Crippen LogP contribution in [0, 0.1) is 12.8 Å². The number of carbonyl (C=O) groups is 2. The third-order valence-electron chi connectivity index (χ3n) is 6.90. The van der Waals surface area contributed by atoms with Gasteiger partial charge in [0.2, 0.25) is 11.8 Å². The van der Waals surface area contributed by atoms with Gasteiger partial charge in [-0.1, -0.05) is 62.7 Å². The van der Waals surface area contributed by atoms with Crippen LogP contribution in [-0.4, -0.2) is 58.0 Å². The van der Waals surface area contributed by atoms with Gasteiger partial charge in [0.15, 0.2) is 0 Å². The van der Waals surface area contributed by atoms with Crippen LogP contribution in [0.1, 0.15) is 45.2 Å². The molecular formula is C33H43N3O6S. The van der Waals surface area contributed by atoms with Gasteiger partial charge in [0.1, 0.15) is 24.1 Å². The first-order valence-corrected chi connectivity index (χ1v) is 16.0. The fraction of sp³-hybridized carbons (Fsp3) is 0.394. The molecule has 1 atom stereocenters. The van der Waals surface area contributed by atoms with Gasteiger partial charge in [-0.05, 0) is 68.1 Å². The normalized spacial score (nSPS) is 12.0. The highest BCUT2D eigenvalue weighted by Crippen LogP contribution is 2.33. The molecular weight excluding hydrogens is 566 g/mol. The summed E-state index contributed by atoms with van der Waals surface area (Å²) in [5, 5.41) is 2.94. The molecule has 3 aromatic carbocycles. The number of rotatable bonds is 15. The van der Waals surface area contributed by atoms with Crippen molar-refractivity contribution < 1.29 is 27.5 Å². The van der Waals surface area contributed by atoms with E-state index >= 15 is 0 Å². The zero-order valence-corrected chi connectivity index (χ0v) is 26.7. The molecule has 9 nitrogen and oxygen atoms in total. The number of benzene rings is 3. The molecule has 0 radical (unpaired) electrons. The first-order chi connectivity index (χ1) is 20.5. The average Bonchev–Trinajstić information content (AvgIpc) is 2.99. The van der Waals surface area contributed by atoms with E-state index in [1.807, 2.05) is 39.8 Å². The standard InChI is InChI=1S/C33H43N3O6S/c1-7-29(33(38)34-21-24(3)4)35(22-26-15-17-27(41-6)18-16-26)32(37)23-36(30-11-9-10-12-31(30)42-8-2)43(39,40)28-19-13-25(5)14-20-28/h9-20,24,29H,7-8,21-23H2,1-6H3,(H,34,38)/t29-/m0/s1. The van der Waals surface area contributed by atoms with Crippen LogP contribution >= 0.6 is 0 Å². The van der Waals surface area contributed by atoms with Crippen LogP contribution in [0.2, 0.25) is 0 Å². The summed E-state index contributed by atoms with van der Waals surface area (Å²) in [5.41, 5.74) is 1.91. The summed E-state index contributed by atoms with van der Waals surface area (Å²) < 4.78 is 40.4. The molecule has 0 saturated heterocycles. The zero-order valence-electron chi connectivity index (χ0n) is 25.9. The second-order valence-electron chi connectivity index (χ2n) is 10.7. The molecule has 0 aliphatic heterocycles. The molecule has 0 heterocycles. The number of amides is 2. The molecule has 3 rings (SSSR count). The average molecular weight is 610 g/mol. The minimum Gasteiger partial charge on any atom is -0.497 e. The van der Waals surface area contributed by atoms with E-state index in [0.29, 0.717) is 31.1 Å². The van der Waals surface area contributed by atoms with Gasteiger partial charge < -0.3 is 19.7 Å². The minimum atomic E-state index is -4.21. The van der Waals surface area contributed by atoms with Gasteiger partial charge in [-0.2, -0.15) is 0 Å². The second kappa shape index (κ2) is 15.4. The highest BCUT2D eigenvalue weighted by Gasteiger charge is 2.34. The van der Waals surface area contributed by atoms with Crippen LogP contribution < -0.4 is 19.1 Å². The first-order valence-electron chi connectivity index (χ1n) is 14.5. The zero-order chi connectivity index (χ0) is 31.6. The monoisotopic (exact) mass is 609 g/mol. The van der Waals surface area contributed by atoms with Crippen LogP contribution in [-0.2, 0) is 26.2 Å². The highest BCUT2D eigenvalue weighted by molar-refractivity contribution is 7.92. The Labute approximate surface area is 255 Å². The number of methoxy groups -OCH3 is 1. The largest absolute Gasteiger partial charge is 0.497 e. The molecule has 0 bridgehead atoms. The maximum atomic E-state index is 14.3. The first kappa shape index (κ1) is 33.5. The van der Waals surface area contributed by atoms with Crippen LogP contribution in [0.15, 0.2) is 77.7 Å². The van der Waals surface area contributed by atoms with E-state index in [0.717, 1.165) is 15.4 Å². The van der Waals surface area contributed by atoms with Crippen molar-refractivity contribution >= 4 is 27.5 Å². The van der Waals surface area contributed by atoms with Crippen LogP contribution in [0.3, 0.4) is 0 Å². The molecule has 0 aromatic heterocycles. The van der Waals surface area contributed by atoms with Crippen molar-refractivity contribution in [2.45, 2.75) is 58.5 Å². The SMILES string of the molecule is CCOc1ccccc1N(CC(=O)N(Cc1ccc(OC)cc1)[C@@H](CC)C(=O)NCC(C)C)S(=O)(=O)c1ccc(C)cc1. The van der Waals surface area contributed by atoms with Crippen LogP contribution in [0.25, 0.3) is 0 Å². The molecule has 0 saturated carbocycles. The summed E-state index contributed by atoms with van der Waals surface area (Å²) in [5.74, 6) is 0.394. The minimum absolute atomic E-state index is 0.0422. The van der Waals surface area contributed by atoms with Crippen LogP contribution in [0.4, 0.5) is 5.69 Å². The second-order valence-corrected chi connectivity index (χ2v) is 12.5. The molecule has 232 valence electrons. The summed E-state index contributed by atoms with van der Waals surface area (Å²) in [6.45, 7) is 9.81. The third kappa shape index (κ3) is 8.73. The number of carbonyl (C=O) groups excluding carboxylic acids is 2. The van der Waals surface area contributed by atoms with Crippen molar-refractivity contribution in [1.82, 2.24) is 10.2 Å². The predicted molar refractivity (Wildman–Crippen MR) is 169 cm³/mol. The number of aryl methyl sites for hydroxylation is 1. The van der Waals surface area contributed by atoms with Gasteiger partial charge in [0.25, 0.3) is 10.0 Å². The van der Waals surface area contributed by atoms with Crippen molar-refractivity contribution in [1.29, 1.82) is 0 Å². The van der Waals surface area contributed by atoms with E-state index in [2.05, 4.69) is 5.32 Å². The molecule has 43 heavy (non-hydrogen) atoms. The molecule has 0 unspecified atom stereocenters. The lowest BCUT2D eigenvalue weighted by Gasteiger charge is -2.33.